The zero-order valence-corrected chi connectivity index (χ0v) is 25.1. The molecule has 5 aliphatic heterocycles. The molecular weight excluding hydrogens is 616 g/mol. The van der Waals surface area contributed by atoms with Crippen molar-refractivity contribution >= 4 is 22.5 Å². The molecule has 1 aromatic carbocycles. The average Bonchev–Trinajstić information content (AvgIpc) is 3.64. The van der Waals surface area contributed by atoms with Gasteiger partial charge in [-0.15, -0.1) is 0 Å². The Bertz CT molecular complexity index is 1740. The highest BCUT2D eigenvalue weighted by molar-refractivity contribution is 5.99. The van der Waals surface area contributed by atoms with Crippen molar-refractivity contribution in [2.75, 3.05) is 43.5 Å². The summed E-state index contributed by atoms with van der Waals surface area (Å²) in [7, 11) is 0. The standard InChI is InChI=1S/C31H33F6N7O2/c1-14-9-19(38)40-25(22(14)31(35,36)37)20-23(33)26-21-27(24(20)34)45-8-5-18-17-4-3-16(39-17)12-44(18)28(21)42-29(41-26)46-13-30-6-2-7-43(30)11-15(32)10-30/h9,15-18,39H,2-8,10-13H2,1H3,(H2,38,40)/t15-,16+,17?,18+,30+/m1/s1. The number of nitrogens with zero attached hydrogens (tertiary/aromatic N) is 5. The van der Waals surface area contributed by atoms with Crippen LogP contribution in [0.15, 0.2) is 6.07 Å². The highest BCUT2D eigenvalue weighted by Gasteiger charge is 2.50. The van der Waals surface area contributed by atoms with E-state index in [1.54, 1.807) is 0 Å². The maximum Gasteiger partial charge on any atom is 0.418 e. The number of nitrogen functional groups attached to an aromatic ring is 1. The number of ether oxygens (including phenoxy) is 2. The van der Waals surface area contributed by atoms with E-state index in [9.17, 15) is 17.6 Å². The number of alkyl halides is 4. The summed E-state index contributed by atoms with van der Waals surface area (Å²) in [5, 5.41) is 3.51. The number of pyridine rings is 1. The van der Waals surface area contributed by atoms with Crippen LogP contribution in [0.1, 0.15) is 49.7 Å². The van der Waals surface area contributed by atoms with E-state index in [4.69, 9.17) is 20.2 Å². The average molecular weight is 650 g/mol. The summed E-state index contributed by atoms with van der Waals surface area (Å²) in [6.45, 7) is 2.74. The summed E-state index contributed by atoms with van der Waals surface area (Å²) < 4.78 is 103. The third-order valence-electron chi connectivity index (χ3n) is 10.4. The minimum absolute atomic E-state index is 0.0249. The largest absolute Gasteiger partial charge is 0.490 e. The van der Waals surface area contributed by atoms with Crippen molar-refractivity contribution in [2.45, 2.75) is 81.5 Å². The van der Waals surface area contributed by atoms with Crippen LogP contribution in [0.4, 0.5) is 38.0 Å². The Balaban J connectivity index is 1.35. The number of aryl methyl sites for hydroxylation is 1. The lowest BCUT2D eigenvalue weighted by Crippen LogP contribution is -2.59. The second-order valence-corrected chi connectivity index (χ2v) is 13.2. The molecule has 9 nitrogen and oxygen atoms in total. The number of hydrogen-bond donors (Lipinski definition) is 2. The van der Waals surface area contributed by atoms with Gasteiger partial charge in [0.25, 0.3) is 0 Å². The van der Waals surface area contributed by atoms with Gasteiger partial charge in [-0.3, -0.25) is 4.90 Å². The summed E-state index contributed by atoms with van der Waals surface area (Å²) in [6.07, 6.45) is -1.88. The maximum absolute atomic E-state index is 16.8. The molecule has 7 heterocycles. The molecule has 4 fully saturated rings. The first-order valence-electron chi connectivity index (χ1n) is 15.7. The number of nitrogens with one attached hydrogen (secondary N) is 1. The molecule has 0 aliphatic carbocycles. The molecule has 0 spiro atoms. The number of benzene rings is 1. The molecule has 5 aliphatic rings. The third-order valence-corrected chi connectivity index (χ3v) is 10.4. The summed E-state index contributed by atoms with van der Waals surface area (Å²) in [4.78, 5) is 16.9. The van der Waals surface area contributed by atoms with E-state index in [1.165, 1.54) is 0 Å². The first-order valence-corrected chi connectivity index (χ1v) is 15.7. The van der Waals surface area contributed by atoms with Crippen LogP contribution in [0.3, 0.4) is 0 Å². The van der Waals surface area contributed by atoms with Gasteiger partial charge in [0.15, 0.2) is 17.4 Å². The molecule has 5 atom stereocenters. The highest BCUT2D eigenvalue weighted by atomic mass is 19.4. The first-order chi connectivity index (χ1) is 21.9. The zero-order valence-electron chi connectivity index (χ0n) is 25.1. The lowest BCUT2D eigenvalue weighted by molar-refractivity contribution is -0.137. The summed E-state index contributed by atoms with van der Waals surface area (Å²) >= 11 is 0. The quantitative estimate of drug-likeness (QED) is 0.382. The smallest absolute Gasteiger partial charge is 0.418 e. The van der Waals surface area contributed by atoms with E-state index in [2.05, 4.69) is 20.2 Å². The van der Waals surface area contributed by atoms with E-state index in [0.717, 1.165) is 38.8 Å². The van der Waals surface area contributed by atoms with Crippen LogP contribution in [0.25, 0.3) is 22.2 Å². The molecule has 2 aromatic heterocycles. The van der Waals surface area contributed by atoms with Crippen LogP contribution in [0.2, 0.25) is 0 Å². The molecule has 246 valence electrons. The van der Waals surface area contributed by atoms with E-state index in [0.29, 0.717) is 25.9 Å². The van der Waals surface area contributed by atoms with Gasteiger partial charge in [-0.05, 0) is 50.8 Å². The molecule has 0 saturated carbocycles. The van der Waals surface area contributed by atoms with Crippen LogP contribution in [0.5, 0.6) is 11.8 Å². The molecule has 0 amide bonds. The molecular formula is C31H33F6N7O2. The minimum atomic E-state index is -5.00. The molecule has 3 aromatic rings. The second-order valence-electron chi connectivity index (χ2n) is 13.2. The molecule has 3 N–H and O–H groups in total. The number of aromatic nitrogens is 3. The maximum atomic E-state index is 16.8. The second kappa shape index (κ2) is 10.5. The molecule has 2 bridgehead atoms. The van der Waals surface area contributed by atoms with Crippen molar-refractivity contribution in [3.8, 4) is 23.0 Å². The van der Waals surface area contributed by atoms with Crippen molar-refractivity contribution in [3.05, 3.63) is 28.8 Å². The van der Waals surface area contributed by atoms with Gasteiger partial charge in [-0.25, -0.2) is 18.2 Å². The molecule has 8 rings (SSSR count). The predicted molar refractivity (Wildman–Crippen MR) is 157 cm³/mol. The number of fused-ring (bicyclic) bond motifs is 6. The van der Waals surface area contributed by atoms with Gasteiger partial charge in [0.05, 0.1) is 34.4 Å². The van der Waals surface area contributed by atoms with E-state index < -0.39 is 57.6 Å². The number of anilines is 2. The molecule has 15 heteroatoms. The Kier molecular flexibility index (Phi) is 6.77. The fourth-order valence-electron chi connectivity index (χ4n) is 8.50. The Morgan fingerprint density at radius 2 is 1.96 bits per heavy atom. The molecule has 4 saturated heterocycles. The third kappa shape index (κ3) is 4.55. The Morgan fingerprint density at radius 3 is 2.76 bits per heavy atom. The van der Waals surface area contributed by atoms with Gasteiger partial charge < -0.3 is 25.4 Å². The number of halogens is 6. The lowest BCUT2D eigenvalue weighted by Gasteiger charge is -2.43. The molecule has 0 radical (unpaired) electrons. The predicted octanol–water partition coefficient (Wildman–Crippen LogP) is 4.93. The van der Waals surface area contributed by atoms with Gasteiger partial charge in [0.2, 0.25) is 0 Å². The number of piperazine rings is 1. The lowest BCUT2D eigenvalue weighted by atomic mass is 9.95. The minimum Gasteiger partial charge on any atom is -0.490 e. The monoisotopic (exact) mass is 649 g/mol. The number of nitrogens with two attached hydrogens (primary N) is 1. The van der Waals surface area contributed by atoms with Crippen LogP contribution in [-0.2, 0) is 6.18 Å². The Labute approximate surface area is 260 Å². The van der Waals surface area contributed by atoms with Crippen molar-refractivity contribution in [2.24, 2.45) is 0 Å². The van der Waals surface area contributed by atoms with E-state index >= 15 is 8.78 Å². The summed E-state index contributed by atoms with van der Waals surface area (Å²) in [5.41, 5.74) is 1.09. The topological polar surface area (TPSA) is 102 Å². The summed E-state index contributed by atoms with van der Waals surface area (Å²) in [6, 6.07) is 0.858. The van der Waals surface area contributed by atoms with Crippen LogP contribution in [0, 0.1) is 18.6 Å². The van der Waals surface area contributed by atoms with Gasteiger partial charge in [-0.1, -0.05) is 0 Å². The van der Waals surface area contributed by atoms with E-state index in [-0.39, 0.29) is 66.4 Å². The Hall–Kier alpha value is -3.59. The normalized spacial score (nSPS) is 29.0. The SMILES string of the molecule is Cc1cc(N)nc(-c2c(F)c3c4c(nc(OC[C@@]56CCCN5C[C@H](F)C6)nc4c2F)N2C[C@@H]4CCC(N4)[C@@H]2CCO3)c1C(F)(F)F. The first kappa shape index (κ1) is 29.8. The fraction of sp³-hybridized carbons (Fsp3) is 0.581. The van der Waals surface area contributed by atoms with Gasteiger partial charge in [0, 0.05) is 44.1 Å². The fourth-order valence-corrected chi connectivity index (χ4v) is 8.50. The van der Waals surface area contributed by atoms with Gasteiger partial charge in [-0.2, -0.15) is 23.1 Å². The molecule has 46 heavy (non-hydrogen) atoms. The Morgan fingerprint density at radius 1 is 1.13 bits per heavy atom. The van der Waals surface area contributed by atoms with Gasteiger partial charge >= 0.3 is 12.2 Å². The summed E-state index contributed by atoms with van der Waals surface area (Å²) in [5.74, 6) is -3.31. The highest BCUT2D eigenvalue weighted by Crippen LogP contribution is 2.49. The molecule has 1 unspecified atom stereocenters. The number of hydrogen-bond acceptors (Lipinski definition) is 9. The van der Waals surface area contributed by atoms with Gasteiger partial charge in [0.1, 0.15) is 29.9 Å². The van der Waals surface area contributed by atoms with Crippen molar-refractivity contribution in [1.82, 2.24) is 25.2 Å². The van der Waals surface area contributed by atoms with Crippen molar-refractivity contribution in [3.63, 3.8) is 0 Å². The van der Waals surface area contributed by atoms with Crippen LogP contribution >= 0.6 is 0 Å². The van der Waals surface area contributed by atoms with Crippen LogP contribution in [-0.4, -0.2) is 82.5 Å². The number of rotatable bonds is 4. The van der Waals surface area contributed by atoms with Crippen LogP contribution < -0.4 is 25.4 Å². The van der Waals surface area contributed by atoms with Crippen molar-refractivity contribution in [1.29, 1.82) is 0 Å². The van der Waals surface area contributed by atoms with Crippen molar-refractivity contribution < 1.29 is 35.8 Å². The zero-order chi connectivity index (χ0) is 32.1. The van der Waals surface area contributed by atoms with E-state index in [1.807, 2.05) is 4.90 Å².